The number of hydrogen-bond donors (Lipinski definition) is 2. The van der Waals surface area contributed by atoms with Gasteiger partial charge in [-0.05, 0) is 44.5 Å². The fraction of sp³-hybridized carbons (Fsp3) is 0.353. The average Bonchev–Trinajstić information content (AvgIpc) is 3.06. The lowest BCUT2D eigenvalue weighted by atomic mass is 10.0. The minimum absolute atomic E-state index is 0.180. The smallest absolute Gasteiger partial charge is 0.322 e. The summed E-state index contributed by atoms with van der Waals surface area (Å²) in [6, 6.07) is 8.95. The molecule has 2 atom stereocenters. The number of carboxylic acid groups (broad SMARTS) is 1. The third-order valence-corrected chi connectivity index (χ3v) is 5.88. The molecule has 0 aliphatic carbocycles. The highest BCUT2D eigenvalue weighted by molar-refractivity contribution is 8.01. The van der Waals surface area contributed by atoms with Crippen LogP contribution in [0.4, 0.5) is 0 Å². The van der Waals surface area contributed by atoms with Crippen LogP contribution in [0.3, 0.4) is 0 Å². The highest BCUT2D eigenvalue weighted by atomic mass is 35.5. The molecule has 3 rings (SSSR count). The van der Waals surface area contributed by atoms with Crippen LogP contribution >= 0.6 is 23.4 Å². The summed E-state index contributed by atoms with van der Waals surface area (Å²) in [6.07, 6.45) is 0. The molecule has 1 aromatic heterocycles. The number of carbonyl (C=O) groups is 1. The van der Waals surface area contributed by atoms with E-state index in [4.69, 9.17) is 16.0 Å². The minimum atomic E-state index is -0.845. The lowest BCUT2D eigenvalue weighted by molar-refractivity contribution is -0.139. The Morgan fingerprint density at radius 3 is 2.70 bits per heavy atom. The van der Waals surface area contributed by atoms with Gasteiger partial charge in [0, 0.05) is 15.3 Å². The first kappa shape index (κ1) is 16.4. The molecule has 1 aliphatic heterocycles. The summed E-state index contributed by atoms with van der Waals surface area (Å²) < 4.78 is 5.53. The number of halogens is 1. The molecule has 0 saturated carbocycles. The third kappa shape index (κ3) is 3.13. The SMILES string of the molecule is Cc1ccc(-c2ccc(C3NC(C(=O)O)C(C)(C)S3)o2)cc1Cl. The summed E-state index contributed by atoms with van der Waals surface area (Å²) in [5, 5.41) is 13.0. The number of thioether (sulfide) groups is 1. The Morgan fingerprint density at radius 1 is 1.35 bits per heavy atom. The maximum atomic E-state index is 11.4. The number of furan rings is 1. The van der Waals surface area contributed by atoms with Gasteiger partial charge in [-0.25, -0.2) is 0 Å². The summed E-state index contributed by atoms with van der Waals surface area (Å²) in [5.74, 6) is 0.599. The van der Waals surface area contributed by atoms with Crippen LogP contribution in [0.25, 0.3) is 11.3 Å². The first-order chi connectivity index (χ1) is 10.8. The molecule has 6 heteroatoms. The molecule has 0 amide bonds. The molecule has 0 radical (unpaired) electrons. The number of aryl methyl sites for hydroxylation is 1. The molecular formula is C17H18ClNO3S. The zero-order valence-corrected chi connectivity index (χ0v) is 14.7. The van der Waals surface area contributed by atoms with Gasteiger partial charge in [-0.15, -0.1) is 11.8 Å². The van der Waals surface area contributed by atoms with Crippen LogP contribution in [-0.4, -0.2) is 21.9 Å². The minimum Gasteiger partial charge on any atom is -0.480 e. The van der Waals surface area contributed by atoms with E-state index in [1.807, 2.05) is 51.1 Å². The second-order valence-electron chi connectivity index (χ2n) is 6.21. The lowest BCUT2D eigenvalue weighted by Crippen LogP contribution is -2.43. The van der Waals surface area contributed by atoms with E-state index in [1.165, 1.54) is 0 Å². The van der Waals surface area contributed by atoms with Crippen LogP contribution in [0.2, 0.25) is 5.02 Å². The number of carboxylic acids is 1. The van der Waals surface area contributed by atoms with Gasteiger partial charge >= 0.3 is 5.97 Å². The first-order valence-electron chi connectivity index (χ1n) is 7.31. The van der Waals surface area contributed by atoms with Crippen molar-refractivity contribution in [3.8, 4) is 11.3 Å². The topological polar surface area (TPSA) is 62.5 Å². The summed E-state index contributed by atoms with van der Waals surface area (Å²) in [7, 11) is 0. The van der Waals surface area contributed by atoms with Crippen molar-refractivity contribution in [2.24, 2.45) is 0 Å². The largest absolute Gasteiger partial charge is 0.480 e. The molecule has 2 aromatic rings. The van der Waals surface area contributed by atoms with E-state index in [9.17, 15) is 9.90 Å². The van der Waals surface area contributed by atoms with Gasteiger partial charge in [0.25, 0.3) is 0 Å². The lowest BCUT2D eigenvalue weighted by Gasteiger charge is -2.20. The van der Waals surface area contributed by atoms with Crippen molar-refractivity contribution >= 4 is 29.3 Å². The second-order valence-corrected chi connectivity index (χ2v) is 8.37. The second kappa shape index (κ2) is 5.89. The predicted molar refractivity (Wildman–Crippen MR) is 92.9 cm³/mol. The van der Waals surface area contributed by atoms with E-state index in [-0.39, 0.29) is 5.37 Å². The molecule has 122 valence electrons. The molecule has 2 heterocycles. The molecule has 1 fully saturated rings. The quantitative estimate of drug-likeness (QED) is 0.853. The van der Waals surface area contributed by atoms with Gasteiger partial charge in [-0.2, -0.15) is 0 Å². The molecule has 23 heavy (non-hydrogen) atoms. The Balaban J connectivity index is 1.85. The molecule has 1 aromatic carbocycles. The Kier molecular flexibility index (Phi) is 4.21. The van der Waals surface area contributed by atoms with Crippen molar-refractivity contribution in [2.45, 2.75) is 36.9 Å². The summed E-state index contributed by atoms with van der Waals surface area (Å²) >= 11 is 7.73. The monoisotopic (exact) mass is 351 g/mol. The van der Waals surface area contributed by atoms with Crippen LogP contribution in [0.15, 0.2) is 34.7 Å². The van der Waals surface area contributed by atoms with Crippen molar-refractivity contribution in [1.29, 1.82) is 0 Å². The highest BCUT2D eigenvalue weighted by Gasteiger charge is 2.46. The predicted octanol–water partition coefficient (Wildman–Crippen LogP) is 4.48. The van der Waals surface area contributed by atoms with Gasteiger partial charge in [0.05, 0.1) is 0 Å². The Hall–Kier alpha value is -1.43. The number of aliphatic carboxylic acids is 1. The molecular weight excluding hydrogens is 334 g/mol. The van der Waals surface area contributed by atoms with Gasteiger partial charge in [0.1, 0.15) is 22.9 Å². The third-order valence-electron chi connectivity index (χ3n) is 4.02. The van der Waals surface area contributed by atoms with Crippen LogP contribution in [0, 0.1) is 6.92 Å². The average molecular weight is 352 g/mol. The maximum Gasteiger partial charge on any atom is 0.322 e. The van der Waals surface area contributed by atoms with Crippen LogP contribution in [-0.2, 0) is 4.79 Å². The summed E-state index contributed by atoms with van der Waals surface area (Å²) in [5.41, 5.74) is 1.92. The van der Waals surface area contributed by atoms with Crippen LogP contribution in [0.1, 0.15) is 30.5 Å². The van der Waals surface area contributed by atoms with Crippen LogP contribution in [0.5, 0.6) is 0 Å². The normalized spacial score (nSPS) is 23.1. The van der Waals surface area contributed by atoms with Crippen molar-refractivity contribution in [3.63, 3.8) is 0 Å². The number of rotatable bonds is 3. The molecule has 1 aliphatic rings. The Labute approximate surface area is 144 Å². The van der Waals surface area contributed by atoms with Gasteiger partial charge in [-0.3, -0.25) is 10.1 Å². The number of nitrogens with one attached hydrogen (secondary N) is 1. The fourth-order valence-corrected chi connectivity index (χ4v) is 4.20. The molecule has 0 bridgehead atoms. The molecule has 1 saturated heterocycles. The molecule has 0 spiro atoms. The zero-order valence-electron chi connectivity index (χ0n) is 13.1. The number of hydrogen-bond acceptors (Lipinski definition) is 4. The van der Waals surface area contributed by atoms with Gasteiger partial charge in [0.15, 0.2) is 0 Å². The van der Waals surface area contributed by atoms with Crippen molar-refractivity contribution < 1.29 is 14.3 Å². The van der Waals surface area contributed by atoms with Crippen molar-refractivity contribution in [3.05, 3.63) is 46.7 Å². The summed E-state index contributed by atoms with van der Waals surface area (Å²) in [4.78, 5) is 11.4. The molecule has 4 nitrogen and oxygen atoms in total. The zero-order chi connectivity index (χ0) is 16.8. The van der Waals surface area contributed by atoms with E-state index in [0.29, 0.717) is 5.02 Å². The van der Waals surface area contributed by atoms with Crippen molar-refractivity contribution in [1.82, 2.24) is 5.32 Å². The number of benzene rings is 1. The standard InChI is InChI=1S/C17H18ClNO3S/c1-9-4-5-10(8-11(9)18)12-6-7-13(22-12)15-19-14(16(20)21)17(2,3)23-15/h4-8,14-15,19H,1-3H3,(H,20,21). The van der Waals surface area contributed by atoms with E-state index < -0.39 is 16.8 Å². The van der Waals surface area contributed by atoms with Gasteiger partial charge in [-0.1, -0.05) is 23.7 Å². The van der Waals surface area contributed by atoms with E-state index in [1.54, 1.807) is 11.8 Å². The summed E-state index contributed by atoms with van der Waals surface area (Å²) in [6.45, 7) is 5.80. The first-order valence-corrected chi connectivity index (χ1v) is 8.56. The fourth-order valence-electron chi connectivity index (χ4n) is 2.66. The van der Waals surface area contributed by atoms with E-state index in [2.05, 4.69) is 5.32 Å². The van der Waals surface area contributed by atoms with E-state index >= 15 is 0 Å². The van der Waals surface area contributed by atoms with Gasteiger partial charge < -0.3 is 9.52 Å². The maximum absolute atomic E-state index is 11.4. The van der Waals surface area contributed by atoms with Crippen molar-refractivity contribution in [2.75, 3.05) is 0 Å². The van der Waals surface area contributed by atoms with E-state index in [0.717, 1.165) is 22.6 Å². The Bertz CT molecular complexity index is 756. The molecule has 2 N–H and O–H groups in total. The van der Waals surface area contributed by atoms with Crippen LogP contribution < -0.4 is 5.32 Å². The molecule has 2 unspecified atom stereocenters. The van der Waals surface area contributed by atoms with Gasteiger partial charge in [0.2, 0.25) is 0 Å². The highest BCUT2D eigenvalue weighted by Crippen LogP contribution is 2.46. The Morgan fingerprint density at radius 2 is 2.09 bits per heavy atom.